The highest BCUT2D eigenvalue weighted by Crippen LogP contribution is 2.65. The highest BCUT2D eigenvalue weighted by Gasteiger charge is 2.71. The molecule has 5 rings (SSSR count). The molecule has 3 aliphatic rings. The lowest BCUT2D eigenvalue weighted by Gasteiger charge is -2.59. The Balaban J connectivity index is 1.70. The number of terminal acetylenes is 1. The van der Waals surface area contributed by atoms with Crippen LogP contribution in [0.5, 0.6) is 5.75 Å². The quantitative estimate of drug-likeness (QED) is 0.225. The number of phenols is 1. The van der Waals surface area contributed by atoms with Gasteiger partial charge in [-0.15, -0.1) is 6.42 Å². The van der Waals surface area contributed by atoms with Crippen molar-refractivity contribution in [3.8, 4) is 18.1 Å². The van der Waals surface area contributed by atoms with Gasteiger partial charge in [0.25, 0.3) is 0 Å². The van der Waals surface area contributed by atoms with Gasteiger partial charge in [0.15, 0.2) is 17.2 Å². The average molecular weight is 611 g/mol. The van der Waals surface area contributed by atoms with Crippen molar-refractivity contribution in [3.63, 3.8) is 0 Å². The van der Waals surface area contributed by atoms with Gasteiger partial charge in [-0.2, -0.15) is 0 Å². The first-order valence-electron chi connectivity index (χ1n) is 15.6. The van der Waals surface area contributed by atoms with Crippen molar-refractivity contribution in [1.29, 1.82) is 0 Å². The summed E-state index contributed by atoms with van der Waals surface area (Å²) >= 11 is 0. The number of carbonyl (C=O) groups excluding carboxylic acids is 3. The van der Waals surface area contributed by atoms with Gasteiger partial charge >= 0.3 is 0 Å². The summed E-state index contributed by atoms with van der Waals surface area (Å²) in [5.74, 6) is -2.46. The summed E-state index contributed by atoms with van der Waals surface area (Å²) in [5, 5.41) is 47.2. The molecule has 0 spiro atoms. The van der Waals surface area contributed by atoms with Gasteiger partial charge in [0, 0.05) is 27.9 Å². The second-order valence-electron chi connectivity index (χ2n) is 14.3. The van der Waals surface area contributed by atoms with Crippen LogP contribution in [-0.2, 0) is 28.9 Å². The molecule has 0 amide bonds. The lowest BCUT2D eigenvalue weighted by atomic mass is 9.44. The Morgan fingerprint density at radius 3 is 2.20 bits per heavy atom. The number of hydrogen-bond acceptors (Lipinski definition) is 7. The minimum atomic E-state index is -2.63. The highest BCUT2D eigenvalue weighted by molar-refractivity contribution is 6.25. The largest absolute Gasteiger partial charge is 0.511 e. The molecule has 1 unspecified atom stereocenters. The summed E-state index contributed by atoms with van der Waals surface area (Å²) in [6, 6.07) is 9.52. The molecular formula is C38H42O7. The number of benzene rings is 2. The number of aromatic hydroxyl groups is 1. The number of fused-ring (bicyclic) bond motifs is 3. The summed E-state index contributed by atoms with van der Waals surface area (Å²) in [7, 11) is 0. The van der Waals surface area contributed by atoms with Crippen LogP contribution in [0.4, 0.5) is 0 Å². The number of phenolic OH excluding ortho intramolecular Hbond substituents is 1. The van der Waals surface area contributed by atoms with E-state index in [4.69, 9.17) is 6.42 Å². The van der Waals surface area contributed by atoms with Crippen LogP contribution in [0.1, 0.15) is 99.0 Å². The maximum atomic E-state index is 14.5. The zero-order chi connectivity index (χ0) is 33.4. The van der Waals surface area contributed by atoms with E-state index in [2.05, 4.69) is 5.92 Å². The van der Waals surface area contributed by atoms with Crippen molar-refractivity contribution in [2.24, 2.45) is 22.7 Å². The molecule has 0 saturated carbocycles. The van der Waals surface area contributed by atoms with Crippen LogP contribution < -0.4 is 0 Å². The number of aliphatic hydroxyl groups excluding tert-OH is 2. The maximum Gasteiger partial charge on any atom is 0.209 e. The maximum absolute atomic E-state index is 14.5. The molecule has 0 radical (unpaired) electrons. The third kappa shape index (κ3) is 4.48. The van der Waals surface area contributed by atoms with E-state index in [-0.39, 0.29) is 41.6 Å². The molecule has 0 heterocycles. The van der Waals surface area contributed by atoms with Gasteiger partial charge in [-0.25, -0.2) is 0 Å². The standard InChI is InChI=1S/C38H42O7/c1-9-22-10-12-23(13-11-22)14-15-24-16-25(19(2)3)26-17-36(7)18-37(8)29(20(4)5)32(41)27(21(6)39)34(43)38(37,45)35(44)30(36)33(42)28(26)31(24)40/h1,10-13,16,19-20,29,40-41,44-45H,14-15,17-18H2,2-8H3/t29?,36-,37-,38+/m1/s1. The van der Waals surface area contributed by atoms with Gasteiger partial charge in [-0.3, -0.25) is 14.4 Å². The number of allylic oxidation sites excluding steroid dienone is 2. The molecular weight excluding hydrogens is 568 g/mol. The van der Waals surface area contributed by atoms with Gasteiger partial charge in [-0.05, 0) is 78.8 Å². The summed E-state index contributed by atoms with van der Waals surface area (Å²) in [4.78, 5) is 41.1. The smallest absolute Gasteiger partial charge is 0.209 e. The van der Waals surface area contributed by atoms with Crippen molar-refractivity contribution < 1.29 is 34.8 Å². The topological polar surface area (TPSA) is 132 Å². The number of ketones is 3. The first kappa shape index (κ1) is 32.2. The monoisotopic (exact) mass is 610 g/mol. The molecule has 45 heavy (non-hydrogen) atoms. The van der Waals surface area contributed by atoms with Crippen LogP contribution >= 0.6 is 0 Å². The zero-order valence-electron chi connectivity index (χ0n) is 27.0. The van der Waals surface area contributed by atoms with Crippen molar-refractivity contribution in [1.82, 2.24) is 0 Å². The number of hydrogen-bond donors (Lipinski definition) is 4. The molecule has 4 atom stereocenters. The molecule has 236 valence electrons. The fourth-order valence-corrected chi connectivity index (χ4v) is 8.64. The predicted octanol–water partition coefficient (Wildman–Crippen LogP) is 6.24. The molecule has 3 aliphatic carbocycles. The summed E-state index contributed by atoms with van der Waals surface area (Å²) in [5.41, 5.74) is -1.82. The average Bonchev–Trinajstić information content (AvgIpc) is 2.94. The molecule has 2 aromatic carbocycles. The Hall–Kier alpha value is -4.15. The summed E-state index contributed by atoms with van der Waals surface area (Å²) in [6.45, 7) is 12.3. The van der Waals surface area contributed by atoms with Gasteiger partial charge < -0.3 is 20.4 Å². The second-order valence-corrected chi connectivity index (χ2v) is 14.3. The molecule has 2 aromatic rings. The molecule has 0 bridgehead atoms. The Bertz CT molecular complexity index is 1750. The summed E-state index contributed by atoms with van der Waals surface area (Å²) < 4.78 is 0. The van der Waals surface area contributed by atoms with E-state index in [1.54, 1.807) is 6.92 Å². The van der Waals surface area contributed by atoms with Crippen molar-refractivity contribution >= 4 is 17.3 Å². The van der Waals surface area contributed by atoms with Crippen molar-refractivity contribution in [2.75, 3.05) is 0 Å². The number of aryl methyl sites for hydroxylation is 2. The van der Waals surface area contributed by atoms with E-state index in [1.807, 2.05) is 65.0 Å². The number of carbonyl (C=O) groups is 3. The van der Waals surface area contributed by atoms with Crippen LogP contribution in [0, 0.1) is 35.0 Å². The van der Waals surface area contributed by atoms with Crippen LogP contribution in [0.15, 0.2) is 53.0 Å². The Kier molecular flexibility index (Phi) is 7.69. The third-order valence-corrected chi connectivity index (χ3v) is 10.5. The molecule has 0 saturated heterocycles. The Morgan fingerprint density at radius 1 is 1.04 bits per heavy atom. The third-order valence-electron chi connectivity index (χ3n) is 10.5. The van der Waals surface area contributed by atoms with E-state index >= 15 is 0 Å². The first-order chi connectivity index (χ1) is 20.9. The molecule has 0 aliphatic heterocycles. The van der Waals surface area contributed by atoms with Crippen molar-refractivity contribution in [2.45, 2.75) is 85.7 Å². The zero-order valence-corrected chi connectivity index (χ0v) is 27.0. The fourth-order valence-electron chi connectivity index (χ4n) is 8.64. The normalized spacial score (nSPS) is 27.8. The van der Waals surface area contributed by atoms with Crippen LogP contribution in [-0.4, -0.2) is 43.4 Å². The molecule has 0 aromatic heterocycles. The van der Waals surface area contributed by atoms with E-state index in [1.165, 1.54) is 0 Å². The fraction of sp³-hybridized carbons (Fsp3) is 0.447. The minimum Gasteiger partial charge on any atom is -0.511 e. The Morgan fingerprint density at radius 2 is 1.67 bits per heavy atom. The van der Waals surface area contributed by atoms with Gasteiger partial charge in [0.05, 0.1) is 5.56 Å². The minimum absolute atomic E-state index is 0.00409. The molecule has 4 N–H and O–H groups in total. The van der Waals surface area contributed by atoms with E-state index in [0.717, 1.165) is 23.6 Å². The highest BCUT2D eigenvalue weighted by atomic mass is 16.3. The van der Waals surface area contributed by atoms with Gasteiger partial charge in [-0.1, -0.05) is 65.7 Å². The lowest BCUT2D eigenvalue weighted by molar-refractivity contribution is -0.171. The lowest BCUT2D eigenvalue weighted by Crippen LogP contribution is -2.67. The number of aliphatic hydroxyl groups is 3. The number of Topliss-reactive ketones (excluding diaryl/α,β-unsaturated/α-hetero) is 3. The summed E-state index contributed by atoms with van der Waals surface area (Å²) in [6.07, 6.45) is 6.83. The number of rotatable bonds is 6. The van der Waals surface area contributed by atoms with Crippen molar-refractivity contribution in [3.05, 3.63) is 86.4 Å². The van der Waals surface area contributed by atoms with E-state index < -0.39 is 56.8 Å². The van der Waals surface area contributed by atoms with Gasteiger partial charge in [0.2, 0.25) is 5.78 Å². The first-order valence-corrected chi connectivity index (χ1v) is 15.6. The molecule has 7 nitrogen and oxygen atoms in total. The van der Waals surface area contributed by atoms with Crippen LogP contribution in [0.25, 0.3) is 0 Å². The van der Waals surface area contributed by atoms with Gasteiger partial charge in [0.1, 0.15) is 22.8 Å². The van der Waals surface area contributed by atoms with Crippen LogP contribution in [0.2, 0.25) is 0 Å². The molecule has 7 heteroatoms. The predicted molar refractivity (Wildman–Crippen MR) is 171 cm³/mol. The van der Waals surface area contributed by atoms with E-state index in [0.29, 0.717) is 24.0 Å². The van der Waals surface area contributed by atoms with E-state index in [9.17, 15) is 34.8 Å². The van der Waals surface area contributed by atoms with Crippen LogP contribution in [0.3, 0.4) is 0 Å². The Labute approximate surface area is 264 Å². The SMILES string of the molecule is C#Cc1ccc(CCc2cc(C(C)C)c3c(c2O)C(=O)C2=C(O)[C@@]4(O)C(=O)C(C(C)=O)=C(O)C(C(C)C)[C@@]4(C)C[C@@]2(C)C3)cc1. The second kappa shape index (κ2) is 10.7. The molecule has 0 fully saturated rings.